The van der Waals surface area contributed by atoms with Gasteiger partial charge in [0.1, 0.15) is 0 Å². The Kier molecular flexibility index (Phi) is 5.02. The fraction of sp³-hybridized carbons (Fsp3) is 0.250. The van der Waals surface area contributed by atoms with E-state index >= 15 is 0 Å². The summed E-state index contributed by atoms with van der Waals surface area (Å²) in [5.74, 6) is 0.516. The van der Waals surface area contributed by atoms with Gasteiger partial charge in [0.2, 0.25) is 5.95 Å². The first kappa shape index (κ1) is 17.7. The number of hydrogen-bond donors (Lipinski definition) is 1. The average molecular weight is 349 g/mol. The number of nitrogens with zero attached hydrogens (tertiary/aromatic N) is 4. The van der Waals surface area contributed by atoms with Crippen molar-refractivity contribution in [1.82, 2.24) is 14.5 Å². The summed E-state index contributed by atoms with van der Waals surface area (Å²) in [6.45, 7) is 3.96. The molecule has 6 heteroatoms. The highest BCUT2D eigenvalue weighted by atomic mass is 16.1. The highest BCUT2D eigenvalue weighted by molar-refractivity contribution is 5.62. The molecular weight excluding hydrogens is 326 g/mol. The molecule has 1 N–H and O–H groups in total. The number of benzene rings is 1. The van der Waals surface area contributed by atoms with Crippen molar-refractivity contribution in [1.29, 1.82) is 0 Å². The van der Waals surface area contributed by atoms with E-state index in [0.717, 1.165) is 22.6 Å². The van der Waals surface area contributed by atoms with Gasteiger partial charge in [-0.15, -0.1) is 0 Å². The molecule has 6 nitrogen and oxygen atoms in total. The molecule has 0 saturated heterocycles. The Morgan fingerprint density at radius 2 is 1.77 bits per heavy atom. The fourth-order valence-corrected chi connectivity index (χ4v) is 2.61. The molecule has 1 aromatic carbocycles. The first-order chi connectivity index (χ1) is 12.4. The molecule has 0 aliphatic rings. The second-order valence-corrected chi connectivity index (χ2v) is 6.59. The predicted molar refractivity (Wildman–Crippen MR) is 106 cm³/mol. The summed E-state index contributed by atoms with van der Waals surface area (Å²) in [5, 5.41) is 3.22. The molecule has 0 aliphatic heterocycles. The summed E-state index contributed by atoms with van der Waals surface area (Å²) in [6, 6.07) is 13.3. The van der Waals surface area contributed by atoms with Crippen molar-refractivity contribution in [2.24, 2.45) is 0 Å². The largest absolute Gasteiger partial charge is 0.378 e. The van der Waals surface area contributed by atoms with Crippen molar-refractivity contribution >= 4 is 17.3 Å². The van der Waals surface area contributed by atoms with E-state index in [-0.39, 0.29) is 11.6 Å². The Bertz CT molecular complexity index is 945. The summed E-state index contributed by atoms with van der Waals surface area (Å²) in [5.41, 5.74) is 3.67. The lowest BCUT2D eigenvalue weighted by atomic mass is 10.2. The zero-order chi connectivity index (χ0) is 18.7. The van der Waals surface area contributed by atoms with Crippen LogP contribution < -0.4 is 15.8 Å². The molecular formula is C20H23N5O. The van der Waals surface area contributed by atoms with Crippen LogP contribution in [0, 0.1) is 0 Å². The second kappa shape index (κ2) is 7.39. The molecule has 0 bridgehead atoms. The van der Waals surface area contributed by atoms with E-state index in [1.807, 2.05) is 69.4 Å². The summed E-state index contributed by atoms with van der Waals surface area (Å²) < 4.78 is 1.70. The van der Waals surface area contributed by atoms with E-state index in [2.05, 4.69) is 15.3 Å². The molecule has 0 spiro atoms. The number of aromatic nitrogens is 3. The van der Waals surface area contributed by atoms with Gasteiger partial charge in [0.05, 0.1) is 5.69 Å². The van der Waals surface area contributed by atoms with Gasteiger partial charge in [-0.05, 0) is 50.2 Å². The maximum absolute atomic E-state index is 11.9. The highest BCUT2D eigenvalue weighted by Gasteiger charge is 2.07. The second-order valence-electron chi connectivity index (χ2n) is 6.59. The lowest BCUT2D eigenvalue weighted by molar-refractivity contribution is 0.579. The minimum Gasteiger partial charge on any atom is -0.378 e. The van der Waals surface area contributed by atoms with Crippen molar-refractivity contribution in [3.05, 3.63) is 65.2 Å². The third kappa shape index (κ3) is 3.91. The first-order valence-electron chi connectivity index (χ1n) is 8.54. The van der Waals surface area contributed by atoms with Crippen LogP contribution in [0.5, 0.6) is 0 Å². The summed E-state index contributed by atoms with van der Waals surface area (Å²) in [7, 11) is 4.01. The minimum absolute atomic E-state index is 0.0165. The molecule has 0 aliphatic carbocycles. The van der Waals surface area contributed by atoms with Crippen molar-refractivity contribution in [3.8, 4) is 11.3 Å². The van der Waals surface area contributed by atoms with Crippen LogP contribution in [0.15, 0.2) is 59.7 Å². The van der Waals surface area contributed by atoms with Crippen LogP contribution >= 0.6 is 0 Å². The summed E-state index contributed by atoms with van der Waals surface area (Å²) >= 11 is 0. The lowest BCUT2D eigenvalue weighted by Crippen LogP contribution is -2.20. The molecule has 0 radical (unpaired) electrons. The summed E-state index contributed by atoms with van der Waals surface area (Å²) in [6.07, 6.45) is 3.55. The molecule has 134 valence electrons. The molecule has 3 rings (SSSR count). The van der Waals surface area contributed by atoms with Gasteiger partial charge in [0, 0.05) is 55.5 Å². The Hall–Kier alpha value is -3.15. The number of nitrogens with one attached hydrogen (secondary N) is 1. The average Bonchev–Trinajstić information content (AvgIpc) is 2.62. The van der Waals surface area contributed by atoms with Crippen LogP contribution in [0.3, 0.4) is 0 Å². The highest BCUT2D eigenvalue weighted by Crippen LogP contribution is 2.21. The predicted octanol–water partition coefficient (Wildman–Crippen LogP) is 3.70. The Morgan fingerprint density at radius 3 is 2.42 bits per heavy atom. The van der Waals surface area contributed by atoms with E-state index < -0.39 is 0 Å². The van der Waals surface area contributed by atoms with Crippen molar-refractivity contribution in [3.63, 3.8) is 0 Å². The number of pyridine rings is 1. The molecule has 3 aromatic rings. The lowest BCUT2D eigenvalue weighted by Gasteiger charge is -2.13. The Labute approximate surface area is 153 Å². The van der Waals surface area contributed by atoms with Gasteiger partial charge in [-0.2, -0.15) is 0 Å². The van der Waals surface area contributed by atoms with E-state index in [4.69, 9.17) is 0 Å². The van der Waals surface area contributed by atoms with Crippen molar-refractivity contribution < 1.29 is 0 Å². The monoisotopic (exact) mass is 349 g/mol. The van der Waals surface area contributed by atoms with Gasteiger partial charge in [0.15, 0.2) is 0 Å². The SMILES string of the molecule is CC(C)n1cc(-c2ccnc(Nc3ccc(N(C)C)cc3)n2)ccc1=O. The molecule has 0 unspecified atom stereocenters. The van der Waals surface area contributed by atoms with Gasteiger partial charge in [-0.3, -0.25) is 4.79 Å². The first-order valence-corrected chi connectivity index (χ1v) is 8.54. The molecule has 0 saturated carbocycles. The maximum Gasteiger partial charge on any atom is 0.250 e. The van der Waals surface area contributed by atoms with Gasteiger partial charge in [-0.25, -0.2) is 9.97 Å². The third-order valence-electron chi connectivity index (χ3n) is 4.09. The Balaban J connectivity index is 1.86. The molecule has 0 fully saturated rings. The van der Waals surface area contributed by atoms with Crippen LogP contribution in [0.4, 0.5) is 17.3 Å². The maximum atomic E-state index is 11.9. The molecule has 2 heterocycles. The van der Waals surface area contributed by atoms with Gasteiger partial charge >= 0.3 is 0 Å². The number of rotatable bonds is 5. The van der Waals surface area contributed by atoms with Crippen LogP contribution in [-0.2, 0) is 0 Å². The van der Waals surface area contributed by atoms with Crippen LogP contribution in [0.25, 0.3) is 11.3 Å². The van der Waals surface area contributed by atoms with Crippen molar-refractivity contribution in [2.45, 2.75) is 19.9 Å². The molecule has 0 amide bonds. The van der Waals surface area contributed by atoms with Gasteiger partial charge in [0.25, 0.3) is 5.56 Å². The normalized spacial score (nSPS) is 10.8. The summed E-state index contributed by atoms with van der Waals surface area (Å²) in [4.78, 5) is 22.9. The van der Waals surface area contributed by atoms with Crippen LogP contribution in [0.1, 0.15) is 19.9 Å². The zero-order valence-electron chi connectivity index (χ0n) is 15.5. The molecule has 26 heavy (non-hydrogen) atoms. The quantitative estimate of drug-likeness (QED) is 0.761. The van der Waals surface area contributed by atoms with Gasteiger partial charge in [-0.1, -0.05) is 0 Å². The standard InChI is InChI=1S/C20H23N5O/c1-14(2)25-13-15(5-10-19(25)26)18-11-12-21-20(23-18)22-16-6-8-17(9-7-16)24(3)4/h5-14H,1-4H3,(H,21,22,23). The minimum atomic E-state index is -0.0165. The van der Waals surface area contributed by atoms with E-state index in [0.29, 0.717) is 5.95 Å². The smallest absolute Gasteiger partial charge is 0.250 e. The van der Waals surface area contributed by atoms with E-state index in [9.17, 15) is 4.79 Å². The number of anilines is 3. The molecule has 0 atom stereocenters. The van der Waals surface area contributed by atoms with Crippen LogP contribution in [0.2, 0.25) is 0 Å². The fourth-order valence-electron chi connectivity index (χ4n) is 2.61. The Morgan fingerprint density at radius 1 is 1.04 bits per heavy atom. The zero-order valence-corrected chi connectivity index (χ0v) is 15.5. The van der Waals surface area contributed by atoms with E-state index in [1.165, 1.54) is 0 Å². The third-order valence-corrected chi connectivity index (χ3v) is 4.09. The van der Waals surface area contributed by atoms with Crippen molar-refractivity contribution in [2.75, 3.05) is 24.3 Å². The topological polar surface area (TPSA) is 63.1 Å². The number of hydrogen-bond acceptors (Lipinski definition) is 5. The van der Waals surface area contributed by atoms with Crippen LogP contribution in [-0.4, -0.2) is 28.6 Å². The van der Waals surface area contributed by atoms with E-state index in [1.54, 1.807) is 22.9 Å². The van der Waals surface area contributed by atoms with Gasteiger partial charge < -0.3 is 14.8 Å². The molecule has 2 aromatic heterocycles.